The maximum atomic E-state index is 2.35. The molecular weight excluding hydrogens is 240 g/mol. The van der Waals surface area contributed by atoms with E-state index in [9.17, 15) is 0 Å². The number of rotatable bonds is 14. The van der Waals surface area contributed by atoms with Crippen LogP contribution in [0.3, 0.4) is 0 Å². The highest BCUT2D eigenvalue weighted by Gasteiger charge is 1.90. The Hall–Kier alpha value is -0.780. The average Bonchev–Trinajstić information content (AvgIpc) is 2.47. The van der Waals surface area contributed by atoms with Crippen LogP contribution in [0.5, 0.6) is 0 Å². The van der Waals surface area contributed by atoms with Gasteiger partial charge in [-0.2, -0.15) is 0 Å². The summed E-state index contributed by atoms with van der Waals surface area (Å²) in [5.74, 6) is 0. The molecule has 0 N–H and O–H groups in total. The molecule has 0 aliphatic carbocycles. The Balaban J connectivity index is 3.17. The molecule has 0 rings (SSSR count). The fourth-order valence-electron chi connectivity index (χ4n) is 2.22. The lowest BCUT2D eigenvalue weighted by Crippen LogP contribution is -1.79. The molecule has 0 saturated heterocycles. The molecule has 0 heteroatoms. The number of unbranched alkanes of at least 4 members (excludes halogenated alkanes) is 8. The lowest BCUT2D eigenvalue weighted by Gasteiger charge is -1.99. The fraction of sp³-hybridized carbons (Fsp3) is 0.700. The van der Waals surface area contributed by atoms with Crippen molar-refractivity contribution in [2.45, 2.75) is 90.9 Å². The third kappa shape index (κ3) is 17.2. The smallest absolute Gasteiger partial charge is 0.0169 e. The molecular formula is C20H36. The van der Waals surface area contributed by atoms with Crippen LogP contribution < -0.4 is 0 Å². The lowest BCUT2D eigenvalue weighted by molar-refractivity contribution is 0.577. The summed E-state index contributed by atoms with van der Waals surface area (Å²) >= 11 is 0. The summed E-state index contributed by atoms with van der Waals surface area (Å²) in [5.41, 5.74) is 0. The first-order valence-corrected chi connectivity index (χ1v) is 8.86. The fourth-order valence-corrected chi connectivity index (χ4v) is 2.22. The normalized spacial score (nSPS) is 12.3. The Kier molecular flexibility index (Phi) is 17.5. The van der Waals surface area contributed by atoms with Crippen molar-refractivity contribution < 1.29 is 0 Å². The van der Waals surface area contributed by atoms with Crippen LogP contribution in [-0.2, 0) is 0 Å². The Bertz CT molecular complexity index is 245. The highest BCUT2D eigenvalue weighted by Crippen LogP contribution is 2.09. The molecule has 0 aliphatic rings. The molecule has 0 amide bonds. The zero-order chi connectivity index (χ0) is 14.7. The Morgan fingerprint density at radius 1 is 0.500 bits per heavy atom. The SMILES string of the molecule is CC/C=C/C/C=C/C/C=C/CCCCCCCCCC. The first-order valence-electron chi connectivity index (χ1n) is 8.86. The summed E-state index contributed by atoms with van der Waals surface area (Å²) in [5, 5.41) is 0. The quantitative estimate of drug-likeness (QED) is 0.229. The van der Waals surface area contributed by atoms with Crippen molar-refractivity contribution >= 4 is 0 Å². The Morgan fingerprint density at radius 3 is 1.60 bits per heavy atom. The van der Waals surface area contributed by atoms with E-state index in [1.807, 2.05) is 0 Å². The van der Waals surface area contributed by atoms with Gasteiger partial charge in [-0.25, -0.2) is 0 Å². The number of hydrogen-bond acceptors (Lipinski definition) is 0. The highest BCUT2D eigenvalue weighted by atomic mass is 14.0. The van der Waals surface area contributed by atoms with E-state index < -0.39 is 0 Å². The molecule has 0 fully saturated rings. The van der Waals surface area contributed by atoms with Crippen molar-refractivity contribution in [3.63, 3.8) is 0 Å². The van der Waals surface area contributed by atoms with Crippen LogP contribution in [0.4, 0.5) is 0 Å². The minimum atomic E-state index is 1.08. The standard InChI is InChI=1S/C20H36/c1-3-5-7-9-11-13-15-17-19-20-18-16-14-12-10-8-6-4-2/h5,7,11,13,17,19H,3-4,6,8-10,12,14-16,18,20H2,1-2H3/b7-5+,13-11+,19-17+. The van der Waals surface area contributed by atoms with Crippen molar-refractivity contribution in [3.8, 4) is 0 Å². The Morgan fingerprint density at radius 2 is 1.00 bits per heavy atom. The summed E-state index contributed by atoms with van der Waals surface area (Å²) in [4.78, 5) is 0. The maximum Gasteiger partial charge on any atom is -0.0169 e. The molecule has 0 unspecified atom stereocenters. The van der Waals surface area contributed by atoms with Gasteiger partial charge >= 0.3 is 0 Å². The second kappa shape index (κ2) is 18.2. The predicted octanol–water partition coefficient (Wildman–Crippen LogP) is 7.38. The van der Waals surface area contributed by atoms with E-state index >= 15 is 0 Å². The van der Waals surface area contributed by atoms with E-state index in [1.54, 1.807) is 0 Å². The molecule has 0 aromatic heterocycles. The number of hydrogen-bond donors (Lipinski definition) is 0. The third-order valence-electron chi connectivity index (χ3n) is 3.50. The van der Waals surface area contributed by atoms with Crippen LogP contribution in [0.2, 0.25) is 0 Å². The summed E-state index contributed by atoms with van der Waals surface area (Å²) < 4.78 is 0. The molecule has 0 radical (unpaired) electrons. The van der Waals surface area contributed by atoms with Crippen LogP contribution in [0.25, 0.3) is 0 Å². The molecule has 20 heavy (non-hydrogen) atoms. The Labute approximate surface area is 128 Å². The van der Waals surface area contributed by atoms with Gasteiger partial charge in [-0.1, -0.05) is 95.2 Å². The van der Waals surface area contributed by atoms with Crippen LogP contribution >= 0.6 is 0 Å². The van der Waals surface area contributed by atoms with Gasteiger partial charge in [-0.15, -0.1) is 0 Å². The number of allylic oxidation sites excluding steroid dienone is 6. The molecule has 0 spiro atoms. The van der Waals surface area contributed by atoms with E-state index in [2.05, 4.69) is 50.3 Å². The van der Waals surface area contributed by atoms with Gasteiger partial charge < -0.3 is 0 Å². The molecule has 0 aromatic carbocycles. The minimum absolute atomic E-state index is 1.08. The summed E-state index contributed by atoms with van der Waals surface area (Å²) in [6, 6.07) is 0. The van der Waals surface area contributed by atoms with Gasteiger partial charge in [-0.3, -0.25) is 0 Å². The van der Waals surface area contributed by atoms with Crippen molar-refractivity contribution in [2.24, 2.45) is 0 Å². The van der Waals surface area contributed by atoms with Gasteiger partial charge in [-0.05, 0) is 32.1 Å². The topological polar surface area (TPSA) is 0 Å². The molecule has 0 saturated carbocycles. The van der Waals surface area contributed by atoms with E-state index in [4.69, 9.17) is 0 Å². The van der Waals surface area contributed by atoms with E-state index in [1.165, 1.54) is 57.8 Å². The zero-order valence-electron chi connectivity index (χ0n) is 13.9. The van der Waals surface area contributed by atoms with Gasteiger partial charge in [0, 0.05) is 0 Å². The van der Waals surface area contributed by atoms with E-state index in [-0.39, 0.29) is 0 Å². The molecule has 0 bridgehead atoms. The van der Waals surface area contributed by atoms with E-state index in [0.29, 0.717) is 0 Å². The second-order valence-corrected chi connectivity index (χ2v) is 5.56. The molecule has 116 valence electrons. The first kappa shape index (κ1) is 19.2. The van der Waals surface area contributed by atoms with Crippen molar-refractivity contribution in [1.82, 2.24) is 0 Å². The molecule has 0 atom stereocenters. The van der Waals surface area contributed by atoms with Crippen molar-refractivity contribution in [2.75, 3.05) is 0 Å². The van der Waals surface area contributed by atoms with Gasteiger partial charge in [0.15, 0.2) is 0 Å². The minimum Gasteiger partial charge on any atom is -0.0885 e. The second-order valence-electron chi connectivity index (χ2n) is 5.56. The summed E-state index contributed by atoms with van der Waals surface area (Å²) in [6.07, 6.45) is 29.5. The largest absolute Gasteiger partial charge is 0.0885 e. The van der Waals surface area contributed by atoms with Gasteiger partial charge in [0.05, 0.1) is 0 Å². The molecule has 0 heterocycles. The van der Waals surface area contributed by atoms with Crippen LogP contribution in [0.1, 0.15) is 90.9 Å². The third-order valence-corrected chi connectivity index (χ3v) is 3.50. The summed E-state index contributed by atoms with van der Waals surface area (Å²) in [6.45, 7) is 4.46. The van der Waals surface area contributed by atoms with Crippen LogP contribution in [-0.4, -0.2) is 0 Å². The van der Waals surface area contributed by atoms with Gasteiger partial charge in [0.25, 0.3) is 0 Å². The molecule has 0 aliphatic heterocycles. The van der Waals surface area contributed by atoms with E-state index in [0.717, 1.165) is 19.3 Å². The first-order chi connectivity index (χ1) is 9.91. The maximum absolute atomic E-state index is 2.35. The molecule has 0 aromatic rings. The van der Waals surface area contributed by atoms with Crippen LogP contribution in [0, 0.1) is 0 Å². The van der Waals surface area contributed by atoms with Crippen molar-refractivity contribution in [1.29, 1.82) is 0 Å². The summed E-state index contributed by atoms with van der Waals surface area (Å²) in [7, 11) is 0. The monoisotopic (exact) mass is 276 g/mol. The van der Waals surface area contributed by atoms with Crippen molar-refractivity contribution in [3.05, 3.63) is 36.5 Å². The zero-order valence-corrected chi connectivity index (χ0v) is 13.9. The average molecular weight is 277 g/mol. The lowest BCUT2D eigenvalue weighted by atomic mass is 10.1. The predicted molar refractivity (Wildman–Crippen MR) is 94.2 cm³/mol. The van der Waals surface area contributed by atoms with Gasteiger partial charge in [0.2, 0.25) is 0 Å². The van der Waals surface area contributed by atoms with Gasteiger partial charge in [0.1, 0.15) is 0 Å². The highest BCUT2D eigenvalue weighted by molar-refractivity contribution is 4.96. The molecule has 0 nitrogen and oxygen atoms in total. The van der Waals surface area contributed by atoms with Crippen LogP contribution in [0.15, 0.2) is 36.5 Å².